The Morgan fingerprint density at radius 3 is 2.50 bits per heavy atom. The van der Waals surface area contributed by atoms with Crippen LogP contribution < -0.4 is 10.7 Å². The van der Waals surface area contributed by atoms with Crippen molar-refractivity contribution in [1.82, 2.24) is 15.8 Å². The van der Waals surface area contributed by atoms with Gasteiger partial charge >= 0.3 is 6.09 Å². The molecule has 20 heavy (non-hydrogen) atoms. The summed E-state index contributed by atoms with van der Waals surface area (Å²) in [6, 6.07) is 0.649. The molecule has 2 atom stereocenters. The number of morpholine rings is 1. The topological polar surface area (TPSA) is 62.8 Å². The summed E-state index contributed by atoms with van der Waals surface area (Å²) in [7, 11) is 0. The smallest absolute Gasteiger partial charge is 0.407 e. The number of carbonyl (C=O) groups excluding carboxylic acids is 1. The van der Waals surface area contributed by atoms with Crippen LogP contribution in [0.4, 0.5) is 4.79 Å². The van der Waals surface area contributed by atoms with Crippen LogP contribution in [-0.4, -0.2) is 55.1 Å². The van der Waals surface area contributed by atoms with Crippen LogP contribution in [0.5, 0.6) is 0 Å². The molecule has 0 spiro atoms. The van der Waals surface area contributed by atoms with E-state index in [1.165, 1.54) is 0 Å². The molecule has 0 aromatic heterocycles. The normalized spacial score (nSPS) is 28.4. The van der Waals surface area contributed by atoms with Crippen LogP contribution in [0.2, 0.25) is 0 Å². The first-order chi connectivity index (χ1) is 9.42. The van der Waals surface area contributed by atoms with Gasteiger partial charge in [0, 0.05) is 25.2 Å². The summed E-state index contributed by atoms with van der Waals surface area (Å²) in [6.07, 6.45) is 2.73. The summed E-state index contributed by atoms with van der Waals surface area (Å²) in [5, 5.41) is 5.18. The highest BCUT2D eigenvalue weighted by Gasteiger charge is 2.28. The van der Waals surface area contributed by atoms with E-state index >= 15 is 0 Å². The van der Waals surface area contributed by atoms with Gasteiger partial charge in [-0.3, -0.25) is 5.43 Å². The van der Waals surface area contributed by atoms with Crippen molar-refractivity contribution in [3.8, 4) is 0 Å². The van der Waals surface area contributed by atoms with Gasteiger partial charge in [-0.05, 0) is 40.0 Å². The van der Waals surface area contributed by atoms with E-state index in [1.807, 2.05) is 20.8 Å². The van der Waals surface area contributed by atoms with E-state index in [4.69, 9.17) is 9.47 Å². The maximum atomic E-state index is 11.7. The number of carbonyl (C=O) groups is 1. The highest BCUT2D eigenvalue weighted by atomic mass is 16.6. The van der Waals surface area contributed by atoms with Gasteiger partial charge < -0.3 is 14.8 Å². The monoisotopic (exact) mass is 285 g/mol. The molecule has 2 fully saturated rings. The zero-order chi connectivity index (χ0) is 14.6. The fourth-order valence-corrected chi connectivity index (χ4v) is 2.65. The van der Waals surface area contributed by atoms with Gasteiger partial charge in [-0.2, -0.15) is 0 Å². The molecule has 1 heterocycles. The third-order valence-electron chi connectivity index (χ3n) is 3.53. The Bertz CT molecular complexity index is 324. The fraction of sp³-hybridized carbons (Fsp3) is 0.929. The molecule has 6 nitrogen and oxygen atoms in total. The molecular weight excluding hydrogens is 258 g/mol. The lowest BCUT2D eigenvalue weighted by molar-refractivity contribution is 0.00394. The lowest BCUT2D eigenvalue weighted by atomic mass is 10.2. The van der Waals surface area contributed by atoms with E-state index in [0.29, 0.717) is 6.04 Å². The average Bonchev–Trinajstić information content (AvgIpc) is 2.75. The molecule has 116 valence electrons. The quantitative estimate of drug-likeness (QED) is 0.817. The number of amides is 1. The number of hydrogen-bond donors (Lipinski definition) is 2. The number of nitrogens with zero attached hydrogens (tertiary/aromatic N) is 1. The molecule has 0 bridgehead atoms. The van der Waals surface area contributed by atoms with Crippen molar-refractivity contribution >= 4 is 6.09 Å². The van der Waals surface area contributed by atoms with Gasteiger partial charge in [-0.15, -0.1) is 0 Å². The molecule has 1 aliphatic heterocycles. The lowest BCUT2D eigenvalue weighted by Crippen LogP contribution is -2.50. The van der Waals surface area contributed by atoms with Crippen molar-refractivity contribution in [2.24, 2.45) is 0 Å². The third kappa shape index (κ3) is 5.26. The van der Waals surface area contributed by atoms with Crippen molar-refractivity contribution in [1.29, 1.82) is 0 Å². The Kier molecular flexibility index (Phi) is 5.23. The molecule has 0 aromatic carbocycles. The molecule has 2 unspecified atom stereocenters. The Morgan fingerprint density at radius 1 is 1.20 bits per heavy atom. The molecule has 1 aliphatic carbocycles. The van der Waals surface area contributed by atoms with Gasteiger partial charge in [0.2, 0.25) is 0 Å². The number of rotatable bonds is 3. The highest BCUT2D eigenvalue weighted by molar-refractivity contribution is 5.68. The van der Waals surface area contributed by atoms with E-state index in [1.54, 1.807) is 0 Å². The first kappa shape index (κ1) is 15.5. The minimum absolute atomic E-state index is 0.211. The summed E-state index contributed by atoms with van der Waals surface area (Å²) >= 11 is 0. The molecule has 6 heteroatoms. The predicted molar refractivity (Wildman–Crippen MR) is 76.3 cm³/mol. The zero-order valence-corrected chi connectivity index (χ0v) is 12.8. The largest absolute Gasteiger partial charge is 0.444 e. The molecule has 2 rings (SSSR count). The predicted octanol–water partition coefficient (Wildman–Crippen LogP) is 1.27. The van der Waals surface area contributed by atoms with E-state index < -0.39 is 5.60 Å². The average molecular weight is 285 g/mol. The maximum absolute atomic E-state index is 11.7. The Morgan fingerprint density at radius 2 is 1.85 bits per heavy atom. The number of hydrazine groups is 1. The summed E-state index contributed by atoms with van der Waals surface area (Å²) in [6.45, 7) is 9.08. The van der Waals surface area contributed by atoms with Crippen molar-refractivity contribution < 1.29 is 14.3 Å². The van der Waals surface area contributed by atoms with E-state index in [2.05, 4.69) is 15.8 Å². The minimum Gasteiger partial charge on any atom is -0.444 e. The molecule has 1 saturated heterocycles. The summed E-state index contributed by atoms with van der Waals surface area (Å²) in [5.74, 6) is 0. The highest BCUT2D eigenvalue weighted by Crippen LogP contribution is 2.20. The van der Waals surface area contributed by atoms with Gasteiger partial charge in [0.1, 0.15) is 5.60 Å². The standard InChI is InChI=1S/C14H27N3O3/c1-14(2,3)20-13(18)15-11-4-5-12(10-11)16-17-6-8-19-9-7-17/h11-12,16H,4-10H2,1-3H3,(H,15,18). The van der Waals surface area contributed by atoms with Crippen LogP contribution in [-0.2, 0) is 9.47 Å². The van der Waals surface area contributed by atoms with Crippen LogP contribution in [0.1, 0.15) is 40.0 Å². The van der Waals surface area contributed by atoms with Crippen LogP contribution in [0.3, 0.4) is 0 Å². The second-order valence-corrected chi connectivity index (χ2v) is 6.58. The van der Waals surface area contributed by atoms with E-state index in [0.717, 1.165) is 45.6 Å². The Labute approximate surface area is 121 Å². The minimum atomic E-state index is -0.436. The second kappa shape index (κ2) is 6.74. The molecule has 0 aromatic rings. The molecular formula is C14H27N3O3. The van der Waals surface area contributed by atoms with Gasteiger partial charge in [0.05, 0.1) is 13.2 Å². The first-order valence-electron chi connectivity index (χ1n) is 7.51. The zero-order valence-electron chi connectivity index (χ0n) is 12.8. The van der Waals surface area contributed by atoms with Gasteiger partial charge in [0.15, 0.2) is 0 Å². The van der Waals surface area contributed by atoms with Crippen molar-refractivity contribution in [3.63, 3.8) is 0 Å². The van der Waals surface area contributed by atoms with Crippen LogP contribution >= 0.6 is 0 Å². The van der Waals surface area contributed by atoms with Gasteiger partial charge in [-0.25, -0.2) is 9.80 Å². The van der Waals surface area contributed by atoms with Crippen molar-refractivity contribution in [2.75, 3.05) is 26.3 Å². The van der Waals surface area contributed by atoms with Crippen LogP contribution in [0.15, 0.2) is 0 Å². The van der Waals surface area contributed by atoms with E-state index in [9.17, 15) is 4.79 Å². The van der Waals surface area contributed by atoms with Crippen molar-refractivity contribution in [2.45, 2.75) is 57.7 Å². The van der Waals surface area contributed by atoms with Gasteiger partial charge in [-0.1, -0.05) is 0 Å². The SMILES string of the molecule is CC(C)(C)OC(=O)NC1CCC(NN2CCOCC2)C1. The van der Waals surface area contributed by atoms with Crippen LogP contribution in [0.25, 0.3) is 0 Å². The summed E-state index contributed by atoms with van der Waals surface area (Å²) in [4.78, 5) is 11.7. The van der Waals surface area contributed by atoms with E-state index in [-0.39, 0.29) is 12.1 Å². The molecule has 2 N–H and O–H groups in total. The first-order valence-corrected chi connectivity index (χ1v) is 7.51. The van der Waals surface area contributed by atoms with Crippen LogP contribution in [0, 0.1) is 0 Å². The second-order valence-electron chi connectivity index (χ2n) is 6.58. The molecule has 0 radical (unpaired) electrons. The lowest BCUT2D eigenvalue weighted by Gasteiger charge is -2.30. The Balaban J connectivity index is 1.68. The van der Waals surface area contributed by atoms with Crippen molar-refractivity contribution in [3.05, 3.63) is 0 Å². The number of hydrogen-bond acceptors (Lipinski definition) is 5. The number of ether oxygens (including phenoxy) is 2. The molecule has 1 saturated carbocycles. The number of nitrogens with one attached hydrogen (secondary N) is 2. The molecule has 2 aliphatic rings. The Hall–Kier alpha value is -0.850. The third-order valence-corrected chi connectivity index (χ3v) is 3.53. The summed E-state index contributed by atoms with van der Waals surface area (Å²) < 4.78 is 10.6. The number of alkyl carbamates (subject to hydrolysis) is 1. The molecule has 1 amide bonds. The van der Waals surface area contributed by atoms with Gasteiger partial charge in [0.25, 0.3) is 0 Å². The maximum Gasteiger partial charge on any atom is 0.407 e. The summed E-state index contributed by atoms with van der Waals surface area (Å²) in [5.41, 5.74) is 3.09. The fourth-order valence-electron chi connectivity index (χ4n) is 2.65.